The van der Waals surface area contributed by atoms with E-state index in [9.17, 15) is 18.0 Å². The van der Waals surface area contributed by atoms with Gasteiger partial charge in [-0.2, -0.15) is 0 Å². The standard InChI is InChI=1S/C19H21N3O4S2/c1-4-28(25,26)20-10-15-9-16-18(27-15)17(11-22(3)19(16)24)13-6-5-7-14(8-13)21-12(2)23/h5-9,11,20H,4,10H2,1-3H3,(H,21,23). The van der Waals surface area contributed by atoms with Crippen LogP contribution in [0.2, 0.25) is 0 Å². The molecule has 0 aliphatic rings. The molecule has 2 heterocycles. The summed E-state index contributed by atoms with van der Waals surface area (Å²) < 4.78 is 28.3. The van der Waals surface area contributed by atoms with Crippen molar-refractivity contribution in [2.24, 2.45) is 7.05 Å². The molecule has 0 bridgehead atoms. The maximum Gasteiger partial charge on any atom is 0.259 e. The van der Waals surface area contributed by atoms with E-state index in [1.165, 1.54) is 22.8 Å². The van der Waals surface area contributed by atoms with E-state index in [1.807, 2.05) is 18.2 Å². The van der Waals surface area contributed by atoms with E-state index in [0.717, 1.165) is 20.7 Å². The van der Waals surface area contributed by atoms with E-state index >= 15 is 0 Å². The predicted molar refractivity (Wildman–Crippen MR) is 113 cm³/mol. The van der Waals surface area contributed by atoms with Crippen LogP contribution in [0, 0.1) is 0 Å². The monoisotopic (exact) mass is 419 g/mol. The molecular weight excluding hydrogens is 398 g/mol. The van der Waals surface area contributed by atoms with Crippen LogP contribution in [0.1, 0.15) is 18.7 Å². The summed E-state index contributed by atoms with van der Waals surface area (Å²) in [5, 5.41) is 3.30. The number of benzene rings is 1. The molecule has 3 aromatic rings. The predicted octanol–water partition coefficient (Wildman–Crippen LogP) is 2.66. The number of hydrogen-bond donors (Lipinski definition) is 2. The van der Waals surface area contributed by atoms with Gasteiger partial charge in [0, 0.05) is 47.5 Å². The summed E-state index contributed by atoms with van der Waals surface area (Å²) in [6.45, 7) is 3.16. The van der Waals surface area contributed by atoms with Gasteiger partial charge in [-0.1, -0.05) is 12.1 Å². The number of hydrogen-bond acceptors (Lipinski definition) is 5. The maximum atomic E-state index is 12.6. The van der Waals surface area contributed by atoms with Crippen molar-refractivity contribution in [1.82, 2.24) is 9.29 Å². The van der Waals surface area contributed by atoms with Gasteiger partial charge in [0.15, 0.2) is 0 Å². The third kappa shape index (κ3) is 4.32. The highest BCUT2D eigenvalue weighted by molar-refractivity contribution is 7.89. The van der Waals surface area contributed by atoms with Crippen molar-refractivity contribution in [3.8, 4) is 11.1 Å². The Balaban J connectivity index is 2.09. The number of pyridine rings is 1. The molecule has 0 aliphatic carbocycles. The second-order valence-corrected chi connectivity index (χ2v) is 9.63. The molecule has 148 valence electrons. The van der Waals surface area contributed by atoms with Crippen LogP contribution in [0.25, 0.3) is 21.2 Å². The topological polar surface area (TPSA) is 97.3 Å². The molecule has 1 amide bonds. The zero-order valence-electron chi connectivity index (χ0n) is 15.8. The van der Waals surface area contributed by atoms with Gasteiger partial charge in [0.2, 0.25) is 15.9 Å². The fraction of sp³-hybridized carbons (Fsp3) is 0.263. The summed E-state index contributed by atoms with van der Waals surface area (Å²) in [4.78, 5) is 24.7. The fourth-order valence-electron chi connectivity index (χ4n) is 2.85. The molecule has 0 spiro atoms. The molecule has 0 fully saturated rings. The number of thiophene rings is 1. The van der Waals surface area contributed by atoms with Gasteiger partial charge < -0.3 is 9.88 Å². The Hall–Kier alpha value is -2.49. The van der Waals surface area contributed by atoms with Gasteiger partial charge in [0.1, 0.15) is 0 Å². The van der Waals surface area contributed by atoms with Crippen molar-refractivity contribution in [1.29, 1.82) is 0 Å². The lowest BCUT2D eigenvalue weighted by molar-refractivity contribution is -0.114. The lowest BCUT2D eigenvalue weighted by atomic mass is 10.1. The number of carbonyl (C=O) groups is 1. The van der Waals surface area contributed by atoms with Crippen molar-refractivity contribution in [3.05, 3.63) is 51.8 Å². The minimum absolute atomic E-state index is 0.000845. The first kappa shape index (κ1) is 20.2. The molecule has 28 heavy (non-hydrogen) atoms. The molecule has 2 aromatic heterocycles. The zero-order valence-corrected chi connectivity index (χ0v) is 17.4. The van der Waals surface area contributed by atoms with E-state index in [4.69, 9.17) is 0 Å². The first-order chi connectivity index (χ1) is 13.2. The summed E-state index contributed by atoms with van der Waals surface area (Å²) in [6, 6.07) is 9.12. The Morgan fingerprint density at radius 2 is 2.00 bits per heavy atom. The molecule has 9 heteroatoms. The highest BCUT2D eigenvalue weighted by Gasteiger charge is 2.15. The number of sulfonamides is 1. The van der Waals surface area contributed by atoms with Crippen LogP contribution in [0.15, 0.2) is 41.3 Å². The van der Waals surface area contributed by atoms with E-state index in [2.05, 4.69) is 10.0 Å². The molecule has 7 nitrogen and oxygen atoms in total. The lowest BCUT2D eigenvalue weighted by Crippen LogP contribution is -2.24. The smallest absolute Gasteiger partial charge is 0.259 e. The Labute approximate surface area is 167 Å². The van der Waals surface area contributed by atoms with E-state index in [-0.39, 0.29) is 23.8 Å². The molecule has 3 rings (SSSR count). The van der Waals surface area contributed by atoms with Crippen LogP contribution in [0.4, 0.5) is 5.69 Å². The first-order valence-corrected chi connectivity index (χ1v) is 11.1. The zero-order chi connectivity index (χ0) is 20.5. The quantitative estimate of drug-likeness (QED) is 0.642. The summed E-state index contributed by atoms with van der Waals surface area (Å²) in [6.07, 6.45) is 1.76. The second-order valence-electron chi connectivity index (χ2n) is 6.40. The van der Waals surface area contributed by atoms with Crippen LogP contribution >= 0.6 is 11.3 Å². The number of carbonyl (C=O) groups excluding carboxylic acids is 1. The van der Waals surface area contributed by atoms with Crippen LogP contribution in [0.3, 0.4) is 0 Å². The Morgan fingerprint density at radius 3 is 2.68 bits per heavy atom. The molecule has 0 aliphatic heterocycles. The highest BCUT2D eigenvalue weighted by Crippen LogP contribution is 2.34. The van der Waals surface area contributed by atoms with Crippen molar-refractivity contribution >= 4 is 43.0 Å². The van der Waals surface area contributed by atoms with Crippen molar-refractivity contribution < 1.29 is 13.2 Å². The molecule has 0 radical (unpaired) electrons. The largest absolute Gasteiger partial charge is 0.326 e. The first-order valence-electron chi connectivity index (χ1n) is 8.67. The Morgan fingerprint density at radius 1 is 1.25 bits per heavy atom. The van der Waals surface area contributed by atoms with E-state index in [0.29, 0.717) is 11.1 Å². The van der Waals surface area contributed by atoms with Crippen LogP contribution in [0.5, 0.6) is 0 Å². The normalized spacial score (nSPS) is 11.7. The Kier molecular flexibility index (Phi) is 5.69. The Bertz CT molecular complexity index is 1210. The number of fused-ring (bicyclic) bond motifs is 1. The van der Waals surface area contributed by atoms with Gasteiger partial charge in [-0.05, 0) is 30.7 Å². The summed E-state index contributed by atoms with van der Waals surface area (Å²) in [7, 11) is -1.64. The van der Waals surface area contributed by atoms with Crippen LogP contribution < -0.4 is 15.6 Å². The number of amides is 1. The molecule has 0 atom stereocenters. The molecule has 0 unspecified atom stereocenters. The average Bonchev–Trinajstić information content (AvgIpc) is 3.07. The SMILES string of the molecule is CCS(=O)(=O)NCc1cc2c(=O)n(C)cc(-c3cccc(NC(C)=O)c3)c2s1. The number of anilines is 1. The third-order valence-electron chi connectivity index (χ3n) is 4.24. The average molecular weight is 420 g/mol. The van der Waals surface area contributed by atoms with Crippen molar-refractivity contribution in [3.63, 3.8) is 0 Å². The van der Waals surface area contributed by atoms with Gasteiger partial charge in [-0.3, -0.25) is 9.59 Å². The lowest BCUT2D eigenvalue weighted by Gasteiger charge is -2.09. The third-order valence-corrected chi connectivity index (χ3v) is 6.75. The molecular formula is C19H21N3O4S2. The molecule has 0 saturated carbocycles. The van der Waals surface area contributed by atoms with E-state index < -0.39 is 10.0 Å². The summed E-state index contributed by atoms with van der Waals surface area (Å²) in [5.41, 5.74) is 2.23. The molecule has 2 N–H and O–H groups in total. The number of nitrogens with one attached hydrogen (secondary N) is 2. The van der Waals surface area contributed by atoms with E-state index in [1.54, 1.807) is 32.3 Å². The second kappa shape index (κ2) is 7.86. The number of nitrogens with zero attached hydrogens (tertiary/aromatic N) is 1. The van der Waals surface area contributed by atoms with Gasteiger partial charge in [-0.15, -0.1) is 11.3 Å². The number of aromatic nitrogens is 1. The summed E-state index contributed by atoms with van der Waals surface area (Å²) >= 11 is 1.38. The van der Waals surface area contributed by atoms with Crippen molar-refractivity contribution in [2.45, 2.75) is 20.4 Å². The van der Waals surface area contributed by atoms with Gasteiger partial charge in [0.05, 0.1) is 11.1 Å². The van der Waals surface area contributed by atoms with Gasteiger partial charge in [-0.25, -0.2) is 13.1 Å². The molecule has 1 aromatic carbocycles. The van der Waals surface area contributed by atoms with Gasteiger partial charge in [0.25, 0.3) is 5.56 Å². The summed E-state index contributed by atoms with van der Waals surface area (Å²) in [5.74, 6) is -0.162. The highest BCUT2D eigenvalue weighted by atomic mass is 32.2. The number of rotatable bonds is 6. The van der Waals surface area contributed by atoms with Gasteiger partial charge >= 0.3 is 0 Å². The van der Waals surface area contributed by atoms with Crippen LogP contribution in [-0.4, -0.2) is 24.6 Å². The van der Waals surface area contributed by atoms with Crippen LogP contribution in [-0.2, 0) is 28.4 Å². The minimum Gasteiger partial charge on any atom is -0.326 e. The number of aryl methyl sites for hydroxylation is 1. The minimum atomic E-state index is -3.32. The van der Waals surface area contributed by atoms with Crippen molar-refractivity contribution in [2.75, 3.05) is 11.1 Å². The molecule has 0 saturated heterocycles. The maximum absolute atomic E-state index is 12.6. The fourth-order valence-corrected chi connectivity index (χ4v) is 4.64.